The van der Waals surface area contributed by atoms with Gasteiger partial charge in [-0.15, -0.1) is 0 Å². The van der Waals surface area contributed by atoms with E-state index in [1.165, 1.54) is 0 Å². The van der Waals surface area contributed by atoms with Crippen LogP contribution in [0, 0.1) is 0 Å². The lowest BCUT2D eigenvalue weighted by Gasteiger charge is -2.30. The smallest absolute Gasteiger partial charge is 0.288 e. The number of aryl methyl sites for hydroxylation is 1. The van der Waals surface area contributed by atoms with E-state index in [0.717, 1.165) is 35.5 Å². The van der Waals surface area contributed by atoms with Crippen LogP contribution in [-0.2, 0) is 12.6 Å². The van der Waals surface area contributed by atoms with E-state index >= 15 is 0 Å². The van der Waals surface area contributed by atoms with Gasteiger partial charge in [0.25, 0.3) is 0 Å². The van der Waals surface area contributed by atoms with Crippen molar-refractivity contribution in [1.29, 1.82) is 0 Å². The summed E-state index contributed by atoms with van der Waals surface area (Å²) in [5, 5.41) is 4.34. The zero-order valence-corrected chi connectivity index (χ0v) is 15.8. The van der Waals surface area contributed by atoms with Gasteiger partial charge >= 0.3 is 6.18 Å². The summed E-state index contributed by atoms with van der Waals surface area (Å²) in [6.07, 6.45) is 1.32. The average Bonchev–Trinajstić information content (AvgIpc) is 3.32. The highest BCUT2D eigenvalue weighted by molar-refractivity contribution is 5.43. The van der Waals surface area contributed by atoms with Gasteiger partial charge in [-0.05, 0) is 56.5 Å². The molecule has 0 bridgehead atoms. The van der Waals surface area contributed by atoms with Gasteiger partial charge in [0.05, 0.1) is 11.7 Å². The highest BCUT2D eigenvalue weighted by Gasteiger charge is 2.37. The zero-order chi connectivity index (χ0) is 19.9. The lowest BCUT2D eigenvalue weighted by molar-refractivity contribution is -0.142. The zero-order valence-electron chi connectivity index (χ0n) is 15.8. The molecule has 4 heterocycles. The minimum atomic E-state index is -4.48. The van der Waals surface area contributed by atoms with E-state index < -0.39 is 11.9 Å². The molecule has 3 aromatic heterocycles. The molecule has 0 N–H and O–H groups in total. The van der Waals surface area contributed by atoms with Crippen LogP contribution < -0.4 is 0 Å². The summed E-state index contributed by atoms with van der Waals surface area (Å²) in [5.74, 6) is 0. The molecule has 0 saturated carbocycles. The van der Waals surface area contributed by atoms with Gasteiger partial charge in [-0.1, -0.05) is 6.92 Å². The number of hydrogen-bond donors (Lipinski definition) is 0. The van der Waals surface area contributed by atoms with E-state index in [4.69, 9.17) is 0 Å². The molecule has 1 saturated heterocycles. The highest BCUT2D eigenvalue weighted by atomic mass is 19.4. The third kappa shape index (κ3) is 3.37. The number of aromatic nitrogens is 4. The first-order valence-electron chi connectivity index (χ1n) is 9.51. The maximum Gasteiger partial charge on any atom is 0.433 e. The van der Waals surface area contributed by atoms with Crippen LogP contribution in [-0.4, -0.2) is 31.0 Å². The van der Waals surface area contributed by atoms with Crippen molar-refractivity contribution < 1.29 is 13.2 Å². The maximum atomic E-state index is 13.5. The van der Waals surface area contributed by atoms with Crippen LogP contribution in [0.4, 0.5) is 13.2 Å². The fraction of sp³-hybridized carbons (Fsp3) is 0.450. The Morgan fingerprint density at radius 1 is 1.21 bits per heavy atom. The van der Waals surface area contributed by atoms with Gasteiger partial charge in [-0.3, -0.25) is 9.88 Å². The van der Waals surface area contributed by atoms with Gasteiger partial charge < -0.3 is 0 Å². The van der Waals surface area contributed by atoms with Gasteiger partial charge in [-0.25, -0.2) is 9.50 Å². The molecular weight excluding hydrogens is 367 g/mol. The number of halogens is 3. The monoisotopic (exact) mass is 389 g/mol. The molecule has 0 spiro atoms. The molecule has 0 unspecified atom stereocenters. The van der Waals surface area contributed by atoms with Crippen LogP contribution in [0.15, 0.2) is 36.7 Å². The molecule has 1 fully saturated rings. The Kier molecular flexibility index (Phi) is 4.82. The third-order valence-electron chi connectivity index (χ3n) is 5.47. The molecule has 3 aromatic rings. The number of pyridine rings is 1. The quantitative estimate of drug-likeness (QED) is 0.654. The van der Waals surface area contributed by atoms with Crippen molar-refractivity contribution >= 4 is 5.65 Å². The average molecular weight is 389 g/mol. The Morgan fingerprint density at radius 2 is 1.96 bits per heavy atom. The van der Waals surface area contributed by atoms with E-state index in [9.17, 15) is 13.2 Å². The van der Waals surface area contributed by atoms with Crippen molar-refractivity contribution in [1.82, 2.24) is 24.5 Å². The molecule has 0 radical (unpaired) electrons. The Labute approximate surface area is 161 Å². The number of nitrogens with zero attached hydrogens (tertiary/aromatic N) is 5. The summed E-state index contributed by atoms with van der Waals surface area (Å²) in [6.45, 7) is 4.78. The normalized spacial score (nSPS) is 19.4. The largest absolute Gasteiger partial charge is 0.433 e. The van der Waals surface area contributed by atoms with Crippen LogP contribution in [0.5, 0.6) is 0 Å². The second kappa shape index (κ2) is 7.16. The molecule has 2 atom stereocenters. The Balaban J connectivity index is 1.74. The van der Waals surface area contributed by atoms with E-state index in [-0.39, 0.29) is 17.7 Å². The summed E-state index contributed by atoms with van der Waals surface area (Å²) in [4.78, 5) is 10.7. The summed E-state index contributed by atoms with van der Waals surface area (Å²) in [6, 6.07) is 6.84. The van der Waals surface area contributed by atoms with Crippen LogP contribution >= 0.6 is 0 Å². The van der Waals surface area contributed by atoms with Crippen molar-refractivity contribution in [2.45, 2.75) is 51.4 Å². The lowest BCUT2D eigenvalue weighted by atomic mass is 10.1. The van der Waals surface area contributed by atoms with Crippen LogP contribution in [0.1, 0.15) is 61.4 Å². The Morgan fingerprint density at radius 3 is 2.64 bits per heavy atom. The van der Waals surface area contributed by atoms with Crippen molar-refractivity contribution in [3.8, 4) is 0 Å². The molecule has 1 aliphatic rings. The third-order valence-corrected chi connectivity index (χ3v) is 5.47. The Hall–Kier alpha value is -2.48. The molecular formula is C20H22F3N5. The Bertz CT molecular complexity index is 967. The molecule has 148 valence electrons. The number of rotatable bonds is 4. The van der Waals surface area contributed by atoms with E-state index in [1.807, 2.05) is 12.1 Å². The van der Waals surface area contributed by atoms with Gasteiger partial charge in [0, 0.05) is 30.2 Å². The molecule has 0 aliphatic carbocycles. The van der Waals surface area contributed by atoms with Gasteiger partial charge in [0.1, 0.15) is 5.69 Å². The predicted octanol–water partition coefficient (Wildman–Crippen LogP) is 4.60. The van der Waals surface area contributed by atoms with Crippen molar-refractivity contribution in [3.63, 3.8) is 0 Å². The predicted molar refractivity (Wildman–Crippen MR) is 98.7 cm³/mol. The molecule has 1 aliphatic heterocycles. The number of hydrogen-bond acceptors (Lipinski definition) is 4. The summed E-state index contributed by atoms with van der Waals surface area (Å²) < 4.78 is 41.6. The first-order valence-corrected chi connectivity index (χ1v) is 9.51. The number of fused-ring (bicyclic) bond motifs is 1. The maximum absolute atomic E-state index is 13.5. The van der Waals surface area contributed by atoms with Crippen LogP contribution in [0.2, 0.25) is 0 Å². The summed E-state index contributed by atoms with van der Waals surface area (Å²) in [7, 11) is 0. The van der Waals surface area contributed by atoms with E-state index in [0.29, 0.717) is 17.8 Å². The van der Waals surface area contributed by atoms with Crippen molar-refractivity contribution in [3.05, 3.63) is 59.3 Å². The van der Waals surface area contributed by atoms with Crippen molar-refractivity contribution in [2.75, 3.05) is 6.54 Å². The minimum Gasteiger partial charge on any atom is -0.288 e. The highest BCUT2D eigenvalue weighted by Crippen LogP contribution is 2.39. The van der Waals surface area contributed by atoms with Crippen molar-refractivity contribution in [2.24, 2.45) is 0 Å². The summed E-state index contributed by atoms with van der Waals surface area (Å²) >= 11 is 0. The first-order chi connectivity index (χ1) is 13.4. The molecule has 0 amide bonds. The molecule has 0 aromatic carbocycles. The lowest BCUT2D eigenvalue weighted by Crippen LogP contribution is -2.27. The first kappa shape index (κ1) is 18.9. The van der Waals surface area contributed by atoms with Crippen LogP contribution in [0.3, 0.4) is 0 Å². The molecule has 5 nitrogen and oxygen atoms in total. The standard InChI is InChI=1S/C20H22F3N5/c1-3-15-11-18(20(21,22)23)28-19(25-15)12-16(26-28)17-5-4-10-27(17)13(2)14-6-8-24-9-7-14/h6-9,11-13,17H,3-5,10H2,1-2H3/t13-,17-/m1/s1. The minimum absolute atomic E-state index is 0.0315. The number of likely N-dealkylation sites (tertiary alicyclic amines) is 1. The molecule has 28 heavy (non-hydrogen) atoms. The van der Waals surface area contributed by atoms with Gasteiger partial charge in [-0.2, -0.15) is 18.3 Å². The van der Waals surface area contributed by atoms with E-state index in [2.05, 4.69) is 26.9 Å². The van der Waals surface area contributed by atoms with Gasteiger partial charge in [0.15, 0.2) is 5.65 Å². The second-order valence-corrected chi connectivity index (χ2v) is 7.18. The fourth-order valence-electron chi connectivity index (χ4n) is 3.99. The molecule has 4 rings (SSSR count). The van der Waals surface area contributed by atoms with Gasteiger partial charge in [0.2, 0.25) is 0 Å². The second-order valence-electron chi connectivity index (χ2n) is 7.18. The fourth-order valence-corrected chi connectivity index (χ4v) is 3.99. The van der Waals surface area contributed by atoms with E-state index in [1.54, 1.807) is 25.4 Å². The number of alkyl halides is 3. The SMILES string of the molecule is CCc1cc(C(F)(F)F)n2nc([C@H]3CCCN3[C@H](C)c3ccncc3)cc2n1. The topological polar surface area (TPSA) is 46.3 Å². The summed E-state index contributed by atoms with van der Waals surface area (Å²) in [5.41, 5.74) is 1.68. The molecule has 8 heteroatoms. The van der Waals surface area contributed by atoms with Crippen LogP contribution in [0.25, 0.3) is 5.65 Å².